The van der Waals surface area contributed by atoms with E-state index in [4.69, 9.17) is 4.74 Å². The number of methoxy groups -OCH3 is 1. The van der Waals surface area contributed by atoms with Crippen LogP contribution in [-0.2, 0) is 14.3 Å². The Hall–Kier alpha value is -0.850. The maximum Gasteiger partial charge on any atom is 0.242 e. The average Bonchev–Trinajstić information content (AvgIpc) is 2.96. The maximum atomic E-state index is 12.4. The van der Waals surface area contributed by atoms with Crippen molar-refractivity contribution in [3.05, 3.63) is 0 Å². The molecular weight excluding hydrogens is 306 g/mol. The van der Waals surface area contributed by atoms with Crippen LogP contribution in [0.25, 0.3) is 0 Å². The number of halogens is 1. The molecule has 2 heterocycles. The van der Waals surface area contributed by atoms with Gasteiger partial charge in [-0.1, -0.05) is 0 Å². The van der Waals surface area contributed by atoms with Gasteiger partial charge in [-0.15, -0.1) is 12.4 Å². The Kier molecular flexibility index (Phi) is 7.59. The number of amides is 2. The molecule has 0 radical (unpaired) electrons. The van der Waals surface area contributed by atoms with E-state index in [9.17, 15) is 9.59 Å². The van der Waals surface area contributed by atoms with E-state index in [1.807, 2.05) is 0 Å². The molecule has 2 aliphatic heterocycles. The predicted octanol–water partition coefficient (Wildman–Crippen LogP) is 0.552. The van der Waals surface area contributed by atoms with E-state index in [0.717, 1.165) is 38.8 Å². The second-order valence-electron chi connectivity index (χ2n) is 6.27. The van der Waals surface area contributed by atoms with Crippen LogP contribution >= 0.6 is 12.4 Å². The molecule has 2 rings (SSSR count). The SMILES string of the molecule is COCC1(CNC(=O)C2CCCN2C(C)=O)CCNCC1.Cl. The van der Waals surface area contributed by atoms with Crippen LogP contribution in [0.3, 0.4) is 0 Å². The summed E-state index contributed by atoms with van der Waals surface area (Å²) < 4.78 is 5.36. The molecule has 0 aliphatic carbocycles. The molecule has 0 saturated carbocycles. The van der Waals surface area contributed by atoms with Gasteiger partial charge in [0.05, 0.1) is 6.61 Å². The van der Waals surface area contributed by atoms with E-state index < -0.39 is 0 Å². The van der Waals surface area contributed by atoms with Crippen LogP contribution in [-0.4, -0.2) is 62.7 Å². The quantitative estimate of drug-likeness (QED) is 0.771. The molecule has 2 N–H and O–H groups in total. The molecule has 0 bridgehead atoms. The van der Waals surface area contributed by atoms with E-state index in [0.29, 0.717) is 19.7 Å². The molecule has 0 spiro atoms. The van der Waals surface area contributed by atoms with Crippen molar-refractivity contribution in [1.82, 2.24) is 15.5 Å². The lowest BCUT2D eigenvalue weighted by molar-refractivity contribution is -0.137. The van der Waals surface area contributed by atoms with E-state index in [2.05, 4.69) is 10.6 Å². The van der Waals surface area contributed by atoms with Crippen LogP contribution in [0.2, 0.25) is 0 Å². The Morgan fingerprint density at radius 3 is 2.64 bits per heavy atom. The monoisotopic (exact) mass is 333 g/mol. The second kappa shape index (κ2) is 8.70. The van der Waals surface area contributed by atoms with Gasteiger partial charge in [0.1, 0.15) is 6.04 Å². The van der Waals surface area contributed by atoms with Crippen LogP contribution < -0.4 is 10.6 Å². The minimum absolute atomic E-state index is 0. The molecule has 1 atom stereocenters. The summed E-state index contributed by atoms with van der Waals surface area (Å²) in [5, 5.41) is 6.41. The summed E-state index contributed by atoms with van der Waals surface area (Å²) in [5.74, 6) is -0.0298. The summed E-state index contributed by atoms with van der Waals surface area (Å²) >= 11 is 0. The Balaban J connectivity index is 0.00000242. The lowest BCUT2D eigenvalue weighted by atomic mass is 9.79. The molecule has 2 amide bonds. The van der Waals surface area contributed by atoms with Gasteiger partial charge in [0, 0.05) is 32.5 Å². The average molecular weight is 334 g/mol. The largest absolute Gasteiger partial charge is 0.384 e. The Morgan fingerprint density at radius 2 is 2.05 bits per heavy atom. The standard InChI is InChI=1S/C15H27N3O3.ClH/c1-12(19)18-9-3-4-13(18)14(20)17-10-15(11-21-2)5-7-16-8-6-15;/h13,16H,3-11H2,1-2H3,(H,17,20);1H. The fourth-order valence-corrected chi connectivity index (χ4v) is 3.44. The Morgan fingerprint density at radius 1 is 1.36 bits per heavy atom. The molecular formula is C15H28ClN3O3. The highest BCUT2D eigenvalue weighted by Gasteiger charge is 2.36. The molecule has 2 fully saturated rings. The highest BCUT2D eigenvalue weighted by Crippen LogP contribution is 2.28. The van der Waals surface area contributed by atoms with Crippen molar-refractivity contribution in [2.24, 2.45) is 5.41 Å². The number of hydrogen-bond acceptors (Lipinski definition) is 4. The Bertz CT molecular complexity index is 381. The van der Waals surface area contributed by atoms with Crippen LogP contribution in [0.5, 0.6) is 0 Å². The van der Waals surface area contributed by atoms with Crippen molar-refractivity contribution in [3.63, 3.8) is 0 Å². The van der Waals surface area contributed by atoms with E-state index >= 15 is 0 Å². The zero-order valence-corrected chi connectivity index (χ0v) is 14.3. The fourth-order valence-electron chi connectivity index (χ4n) is 3.44. The van der Waals surface area contributed by atoms with Gasteiger partial charge >= 0.3 is 0 Å². The van der Waals surface area contributed by atoms with Gasteiger partial charge in [-0.05, 0) is 38.8 Å². The van der Waals surface area contributed by atoms with Crippen molar-refractivity contribution >= 4 is 24.2 Å². The zero-order valence-electron chi connectivity index (χ0n) is 13.5. The first-order chi connectivity index (χ1) is 10.1. The van der Waals surface area contributed by atoms with Gasteiger partial charge in [-0.3, -0.25) is 9.59 Å². The number of nitrogens with one attached hydrogen (secondary N) is 2. The number of rotatable bonds is 5. The number of carbonyl (C=O) groups is 2. The normalized spacial score (nSPS) is 23.7. The van der Waals surface area contributed by atoms with Crippen molar-refractivity contribution in [3.8, 4) is 0 Å². The summed E-state index contributed by atoms with van der Waals surface area (Å²) in [6, 6.07) is -0.288. The van der Waals surface area contributed by atoms with Crippen LogP contribution in [0, 0.1) is 5.41 Å². The number of likely N-dealkylation sites (tertiary alicyclic amines) is 1. The number of ether oxygens (including phenoxy) is 1. The van der Waals surface area contributed by atoms with Crippen molar-refractivity contribution in [2.75, 3.05) is 39.9 Å². The van der Waals surface area contributed by atoms with Crippen LogP contribution in [0.15, 0.2) is 0 Å². The van der Waals surface area contributed by atoms with Crippen LogP contribution in [0.4, 0.5) is 0 Å². The van der Waals surface area contributed by atoms with E-state index in [1.54, 1.807) is 12.0 Å². The second-order valence-corrected chi connectivity index (χ2v) is 6.27. The lowest BCUT2D eigenvalue weighted by Crippen LogP contribution is -2.51. The zero-order chi connectivity index (χ0) is 15.3. The number of carbonyl (C=O) groups excluding carboxylic acids is 2. The summed E-state index contributed by atoms with van der Waals surface area (Å²) in [6.45, 7) is 5.44. The van der Waals surface area contributed by atoms with Gasteiger partial charge < -0.3 is 20.3 Å². The lowest BCUT2D eigenvalue weighted by Gasteiger charge is -2.37. The summed E-state index contributed by atoms with van der Waals surface area (Å²) in [6.07, 6.45) is 3.68. The van der Waals surface area contributed by atoms with E-state index in [-0.39, 0.29) is 35.7 Å². The number of piperidine rings is 1. The van der Waals surface area contributed by atoms with Gasteiger partial charge in [-0.25, -0.2) is 0 Å². The van der Waals surface area contributed by atoms with Crippen molar-refractivity contribution in [1.29, 1.82) is 0 Å². The first-order valence-corrected chi connectivity index (χ1v) is 7.83. The highest BCUT2D eigenvalue weighted by atomic mass is 35.5. The van der Waals surface area contributed by atoms with Gasteiger partial charge in [0.15, 0.2) is 0 Å². The molecule has 22 heavy (non-hydrogen) atoms. The summed E-state index contributed by atoms with van der Waals surface area (Å²) in [4.78, 5) is 25.6. The third-order valence-corrected chi connectivity index (χ3v) is 4.71. The minimum Gasteiger partial charge on any atom is -0.384 e. The predicted molar refractivity (Wildman–Crippen MR) is 87.1 cm³/mol. The summed E-state index contributed by atoms with van der Waals surface area (Å²) in [7, 11) is 1.71. The number of hydrogen-bond donors (Lipinski definition) is 2. The molecule has 0 aromatic carbocycles. The Labute approximate surface area is 138 Å². The third-order valence-electron chi connectivity index (χ3n) is 4.71. The third kappa shape index (κ3) is 4.57. The smallest absolute Gasteiger partial charge is 0.242 e. The molecule has 6 nitrogen and oxygen atoms in total. The molecule has 7 heteroatoms. The maximum absolute atomic E-state index is 12.4. The van der Waals surface area contributed by atoms with Gasteiger partial charge in [-0.2, -0.15) is 0 Å². The molecule has 2 saturated heterocycles. The van der Waals surface area contributed by atoms with Crippen LogP contribution in [0.1, 0.15) is 32.6 Å². The molecule has 128 valence electrons. The number of nitrogens with zero attached hydrogens (tertiary/aromatic N) is 1. The van der Waals surface area contributed by atoms with Crippen molar-refractivity contribution in [2.45, 2.75) is 38.6 Å². The highest BCUT2D eigenvalue weighted by molar-refractivity contribution is 5.87. The molecule has 2 aliphatic rings. The van der Waals surface area contributed by atoms with Gasteiger partial charge in [0.2, 0.25) is 11.8 Å². The fraction of sp³-hybridized carbons (Fsp3) is 0.867. The van der Waals surface area contributed by atoms with Crippen molar-refractivity contribution < 1.29 is 14.3 Å². The topological polar surface area (TPSA) is 70.7 Å². The first kappa shape index (κ1) is 19.2. The first-order valence-electron chi connectivity index (χ1n) is 7.83. The minimum atomic E-state index is -0.288. The van der Waals surface area contributed by atoms with E-state index in [1.165, 1.54) is 6.92 Å². The summed E-state index contributed by atoms with van der Waals surface area (Å²) in [5.41, 5.74) is 0.0231. The molecule has 1 unspecified atom stereocenters. The molecule has 0 aromatic rings. The molecule has 0 aromatic heterocycles. The van der Waals surface area contributed by atoms with Gasteiger partial charge in [0.25, 0.3) is 0 Å².